The quantitative estimate of drug-likeness (QED) is 0.718. The maximum atomic E-state index is 12.7. The fourth-order valence-corrected chi connectivity index (χ4v) is 3.93. The van der Waals surface area contributed by atoms with Gasteiger partial charge < -0.3 is 14.6 Å². The van der Waals surface area contributed by atoms with Crippen molar-refractivity contribution in [3.63, 3.8) is 0 Å². The second kappa shape index (κ2) is 8.21. The highest BCUT2D eigenvalue weighted by molar-refractivity contribution is 6.00. The van der Waals surface area contributed by atoms with Crippen molar-refractivity contribution in [2.45, 2.75) is 20.8 Å². The summed E-state index contributed by atoms with van der Waals surface area (Å²) < 4.78 is 5.93. The van der Waals surface area contributed by atoms with Gasteiger partial charge in [-0.15, -0.1) is 0 Å². The number of rotatable bonds is 5. The average molecular weight is 393 g/mol. The van der Waals surface area contributed by atoms with Crippen molar-refractivity contribution in [1.29, 1.82) is 0 Å². The number of hydrogen-bond donors (Lipinski definition) is 1. The Morgan fingerprint density at radius 2 is 1.76 bits per heavy atom. The molecule has 7 nitrogen and oxygen atoms in total. The van der Waals surface area contributed by atoms with Crippen molar-refractivity contribution in [2.24, 2.45) is 0 Å². The van der Waals surface area contributed by atoms with Crippen molar-refractivity contribution in [3.05, 3.63) is 53.0 Å². The van der Waals surface area contributed by atoms with Gasteiger partial charge in [0.15, 0.2) is 5.76 Å². The van der Waals surface area contributed by atoms with E-state index in [1.807, 2.05) is 32.9 Å². The number of nitrogens with zero attached hydrogens (tertiary/aromatic N) is 4. The molecule has 1 aliphatic rings. The Morgan fingerprint density at radius 3 is 2.45 bits per heavy atom. The van der Waals surface area contributed by atoms with E-state index in [0.29, 0.717) is 12.3 Å². The summed E-state index contributed by atoms with van der Waals surface area (Å²) in [4.78, 5) is 25.9. The molecule has 1 N–H and O–H groups in total. The third-order valence-corrected chi connectivity index (χ3v) is 5.61. The fourth-order valence-electron chi connectivity index (χ4n) is 3.93. The summed E-state index contributed by atoms with van der Waals surface area (Å²) in [5.41, 5.74) is 3.90. The number of aromatic nitrogens is 2. The molecule has 0 saturated carbocycles. The first-order valence-corrected chi connectivity index (χ1v) is 10.1. The number of furan rings is 1. The molecule has 1 amide bonds. The molecule has 1 saturated heterocycles. The SMILES string of the molecule is Cc1ccc(C)c2c(C)c(C(=O)NCCN3CCN(c4ncccn4)CC3)oc12. The molecule has 0 radical (unpaired) electrons. The van der Waals surface area contributed by atoms with Crippen LogP contribution in [0.3, 0.4) is 0 Å². The highest BCUT2D eigenvalue weighted by Gasteiger charge is 2.21. The largest absolute Gasteiger partial charge is 0.450 e. The lowest BCUT2D eigenvalue weighted by Crippen LogP contribution is -2.49. The Kier molecular flexibility index (Phi) is 5.49. The van der Waals surface area contributed by atoms with Crippen LogP contribution in [-0.2, 0) is 0 Å². The number of fused-ring (bicyclic) bond motifs is 1. The van der Waals surface area contributed by atoms with E-state index in [1.165, 1.54) is 0 Å². The lowest BCUT2D eigenvalue weighted by molar-refractivity contribution is 0.0921. The smallest absolute Gasteiger partial charge is 0.287 e. The van der Waals surface area contributed by atoms with Crippen LogP contribution in [-0.4, -0.2) is 60.0 Å². The molecule has 4 rings (SSSR count). The van der Waals surface area contributed by atoms with Crippen molar-refractivity contribution < 1.29 is 9.21 Å². The molecule has 7 heteroatoms. The molecule has 1 fully saturated rings. The molecule has 0 spiro atoms. The van der Waals surface area contributed by atoms with Crippen molar-refractivity contribution in [3.8, 4) is 0 Å². The number of benzene rings is 1. The Labute approximate surface area is 170 Å². The van der Waals surface area contributed by atoms with Gasteiger partial charge in [0.25, 0.3) is 5.91 Å². The Morgan fingerprint density at radius 1 is 1.07 bits per heavy atom. The van der Waals surface area contributed by atoms with Gasteiger partial charge in [-0.1, -0.05) is 12.1 Å². The lowest BCUT2D eigenvalue weighted by atomic mass is 10.0. The Balaban J connectivity index is 1.31. The summed E-state index contributed by atoms with van der Waals surface area (Å²) in [5, 5.41) is 4.07. The number of aryl methyl sites for hydroxylation is 3. The first-order chi connectivity index (χ1) is 14.0. The van der Waals surface area contributed by atoms with Gasteiger partial charge >= 0.3 is 0 Å². The maximum Gasteiger partial charge on any atom is 0.287 e. The standard InChI is InChI=1S/C22H27N5O2/c1-15-5-6-16(2)19-18(15)17(3)20(29-19)21(28)23-9-10-26-11-13-27(14-12-26)22-24-7-4-8-25-22/h4-8H,9-14H2,1-3H3,(H,23,28). The van der Waals surface area contributed by atoms with E-state index in [2.05, 4.69) is 31.2 Å². The van der Waals surface area contributed by atoms with Crippen LogP contribution >= 0.6 is 0 Å². The molecular weight excluding hydrogens is 366 g/mol. The predicted octanol–water partition coefficient (Wildman–Crippen LogP) is 2.70. The summed E-state index contributed by atoms with van der Waals surface area (Å²) >= 11 is 0. The van der Waals surface area contributed by atoms with Crippen molar-refractivity contribution in [2.75, 3.05) is 44.2 Å². The Hall–Kier alpha value is -2.93. The number of nitrogens with one attached hydrogen (secondary N) is 1. The van der Waals surface area contributed by atoms with Crippen LogP contribution < -0.4 is 10.2 Å². The van der Waals surface area contributed by atoms with Crippen LogP contribution in [0.5, 0.6) is 0 Å². The third-order valence-electron chi connectivity index (χ3n) is 5.61. The number of piperazine rings is 1. The van der Waals surface area contributed by atoms with E-state index in [9.17, 15) is 4.79 Å². The van der Waals surface area contributed by atoms with Crippen LogP contribution in [0, 0.1) is 20.8 Å². The van der Waals surface area contributed by atoms with Gasteiger partial charge in [0.05, 0.1) is 0 Å². The summed E-state index contributed by atoms with van der Waals surface area (Å²) in [5.74, 6) is 1.06. The van der Waals surface area contributed by atoms with E-state index in [0.717, 1.165) is 66.3 Å². The molecule has 2 aromatic heterocycles. The first-order valence-electron chi connectivity index (χ1n) is 10.1. The zero-order valence-corrected chi connectivity index (χ0v) is 17.2. The highest BCUT2D eigenvalue weighted by Crippen LogP contribution is 2.30. The highest BCUT2D eigenvalue weighted by atomic mass is 16.3. The van der Waals surface area contributed by atoms with Gasteiger partial charge in [-0.05, 0) is 38.0 Å². The van der Waals surface area contributed by atoms with Gasteiger partial charge in [0.2, 0.25) is 5.95 Å². The first kappa shape index (κ1) is 19.4. The minimum absolute atomic E-state index is 0.145. The summed E-state index contributed by atoms with van der Waals surface area (Å²) in [6.07, 6.45) is 3.54. The van der Waals surface area contributed by atoms with Crippen LogP contribution in [0.25, 0.3) is 11.0 Å². The van der Waals surface area contributed by atoms with E-state index < -0.39 is 0 Å². The molecule has 0 bridgehead atoms. The predicted molar refractivity (Wildman–Crippen MR) is 113 cm³/mol. The third kappa shape index (κ3) is 3.96. The summed E-state index contributed by atoms with van der Waals surface area (Å²) in [6.45, 7) is 11.0. The van der Waals surface area contributed by atoms with E-state index in [4.69, 9.17) is 4.42 Å². The van der Waals surface area contributed by atoms with Crippen LogP contribution in [0.1, 0.15) is 27.2 Å². The molecule has 29 heavy (non-hydrogen) atoms. The van der Waals surface area contributed by atoms with Crippen molar-refractivity contribution in [1.82, 2.24) is 20.2 Å². The van der Waals surface area contributed by atoms with Crippen LogP contribution in [0.4, 0.5) is 5.95 Å². The lowest BCUT2D eigenvalue weighted by Gasteiger charge is -2.34. The molecule has 0 unspecified atom stereocenters. The topological polar surface area (TPSA) is 74.5 Å². The minimum atomic E-state index is -0.145. The number of carbonyl (C=O) groups excluding carboxylic acids is 1. The molecule has 3 aromatic rings. The van der Waals surface area contributed by atoms with Gasteiger partial charge in [-0.25, -0.2) is 9.97 Å². The second-order valence-electron chi connectivity index (χ2n) is 7.59. The fraction of sp³-hybridized carbons (Fsp3) is 0.409. The maximum absolute atomic E-state index is 12.7. The zero-order chi connectivity index (χ0) is 20.4. The van der Waals surface area contributed by atoms with Crippen LogP contribution in [0.2, 0.25) is 0 Å². The van der Waals surface area contributed by atoms with Gasteiger partial charge in [0.1, 0.15) is 5.58 Å². The van der Waals surface area contributed by atoms with Gasteiger partial charge in [-0.3, -0.25) is 9.69 Å². The van der Waals surface area contributed by atoms with Crippen LogP contribution in [0.15, 0.2) is 35.0 Å². The summed E-state index contributed by atoms with van der Waals surface area (Å²) in [6, 6.07) is 5.93. The monoisotopic (exact) mass is 393 g/mol. The normalized spacial score (nSPS) is 15.1. The minimum Gasteiger partial charge on any atom is -0.450 e. The number of hydrogen-bond acceptors (Lipinski definition) is 6. The van der Waals surface area contributed by atoms with E-state index in [1.54, 1.807) is 12.4 Å². The second-order valence-corrected chi connectivity index (χ2v) is 7.59. The molecule has 0 atom stereocenters. The zero-order valence-electron chi connectivity index (χ0n) is 17.2. The molecule has 1 aliphatic heterocycles. The molecule has 152 valence electrons. The molecular formula is C22H27N5O2. The van der Waals surface area contributed by atoms with Gasteiger partial charge in [-0.2, -0.15) is 0 Å². The molecule has 3 heterocycles. The van der Waals surface area contributed by atoms with E-state index in [-0.39, 0.29) is 5.91 Å². The number of carbonyl (C=O) groups is 1. The number of anilines is 1. The number of amides is 1. The van der Waals surface area contributed by atoms with E-state index >= 15 is 0 Å². The summed E-state index contributed by atoms with van der Waals surface area (Å²) in [7, 11) is 0. The van der Waals surface area contributed by atoms with Crippen molar-refractivity contribution >= 4 is 22.8 Å². The van der Waals surface area contributed by atoms with Gasteiger partial charge in [0, 0.05) is 62.6 Å². The average Bonchev–Trinajstić information content (AvgIpc) is 3.10. The molecule has 0 aliphatic carbocycles. The Bertz CT molecular complexity index is 1010. The molecule has 1 aromatic carbocycles.